The Bertz CT molecular complexity index is 252. The van der Waals surface area contributed by atoms with Crippen LogP contribution in [-0.2, 0) is 6.42 Å². The Morgan fingerprint density at radius 2 is 2.31 bits per heavy atom. The van der Waals surface area contributed by atoms with E-state index >= 15 is 0 Å². The molecule has 0 aliphatic rings. The second-order valence-electron chi connectivity index (χ2n) is 3.32. The number of rotatable bonds is 6. The van der Waals surface area contributed by atoms with Gasteiger partial charge in [0.05, 0.1) is 5.69 Å². The third-order valence-corrected chi connectivity index (χ3v) is 2.01. The average Bonchev–Trinajstić information content (AvgIpc) is 2.51. The van der Waals surface area contributed by atoms with Crippen LogP contribution in [0.25, 0.3) is 0 Å². The molecule has 0 aliphatic carbocycles. The van der Waals surface area contributed by atoms with Crippen LogP contribution in [-0.4, -0.2) is 5.16 Å². The van der Waals surface area contributed by atoms with Gasteiger partial charge in [0, 0.05) is 12.5 Å². The van der Waals surface area contributed by atoms with Crippen LogP contribution in [0.1, 0.15) is 37.1 Å². The van der Waals surface area contributed by atoms with Gasteiger partial charge >= 0.3 is 0 Å². The molecular formula is C11H17NO. The van der Waals surface area contributed by atoms with Crippen LogP contribution in [0, 0.1) is 6.92 Å². The van der Waals surface area contributed by atoms with Crippen LogP contribution >= 0.6 is 0 Å². The quantitative estimate of drug-likeness (QED) is 0.495. The van der Waals surface area contributed by atoms with E-state index in [-0.39, 0.29) is 0 Å². The SMILES string of the molecule is C=CCCCCCc1cc(C)no1. The van der Waals surface area contributed by atoms with Crippen molar-refractivity contribution >= 4 is 0 Å². The van der Waals surface area contributed by atoms with Gasteiger partial charge in [-0.15, -0.1) is 6.58 Å². The van der Waals surface area contributed by atoms with E-state index in [4.69, 9.17) is 4.52 Å². The molecule has 0 fully saturated rings. The molecule has 0 saturated carbocycles. The van der Waals surface area contributed by atoms with Crippen molar-refractivity contribution in [3.63, 3.8) is 0 Å². The molecule has 0 radical (unpaired) electrons. The highest BCUT2D eigenvalue weighted by Gasteiger charge is 1.99. The van der Waals surface area contributed by atoms with Crippen LogP contribution in [0.2, 0.25) is 0 Å². The van der Waals surface area contributed by atoms with Gasteiger partial charge in [0.25, 0.3) is 0 Å². The molecule has 0 atom stereocenters. The lowest BCUT2D eigenvalue weighted by Gasteiger charge is -1.95. The highest BCUT2D eigenvalue weighted by molar-refractivity contribution is 5.02. The number of hydrogen-bond donors (Lipinski definition) is 0. The van der Waals surface area contributed by atoms with E-state index in [1.165, 1.54) is 19.3 Å². The van der Waals surface area contributed by atoms with Crippen molar-refractivity contribution in [3.8, 4) is 0 Å². The first-order chi connectivity index (χ1) is 6.33. The van der Waals surface area contributed by atoms with E-state index in [1.54, 1.807) is 0 Å². The Kier molecular flexibility index (Phi) is 4.30. The maximum absolute atomic E-state index is 5.10. The molecule has 0 N–H and O–H groups in total. The van der Waals surface area contributed by atoms with Gasteiger partial charge in [-0.1, -0.05) is 17.7 Å². The molecular weight excluding hydrogens is 162 g/mol. The molecule has 2 nitrogen and oxygen atoms in total. The first kappa shape index (κ1) is 10.0. The van der Waals surface area contributed by atoms with Gasteiger partial charge in [0.1, 0.15) is 5.76 Å². The van der Waals surface area contributed by atoms with Gasteiger partial charge in [-0.3, -0.25) is 0 Å². The number of aromatic nitrogens is 1. The minimum Gasteiger partial charge on any atom is -0.361 e. The van der Waals surface area contributed by atoms with Crippen LogP contribution in [0.3, 0.4) is 0 Å². The molecule has 2 heteroatoms. The molecule has 0 aliphatic heterocycles. The van der Waals surface area contributed by atoms with E-state index in [1.807, 2.05) is 19.1 Å². The van der Waals surface area contributed by atoms with Gasteiger partial charge in [0.2, 0.25) is 0 Å². The van der Waals surface area contributed by atoms with Crippen molar-refractivity contribution in [1.29, 1.82) is 0 Å². The van der Waals surface area contributed by atoms with Crippen LogP contribution in [0.4, 0.5) is 0 Å². The first-order valence-electron chi connectivity index (χ1n) is 4.86. The van der Waals surface area contributed by atoms with E-state index in [0.717, 1.165) is 24.3 Å². The molecule has 1 heterocycles. The van der Waals surface area contributed by atoms with Crippen molar-refractivity contribution in [1.82, 2.24) is 5.16 Å². The molecule has 0 amide bonds. The number of allylic oxidation sites excluding steroid dienone is 1. The van der Waals surface area contributed by atoms with Gasteiger partial charge in [-0.05, 0) is 26.2 Å². The zero-order valence-electron chi connectivity index (χ0n) is 8.25. The van der Waals surface area contributed by atoms with Crippen molar-refractivity contribution in [3.05, 3.63) is 30.2 Å². The standard InChI is InChI=1S/C11H17NO/c1-3-4-5-6-7-8-11-9-10(2)12-13-11/h3,9H,1,4-8H2,2H3. The minimum absolute atomic E-state index is 0.973. The molecule has 0 bridgehead atoms. The average molecular weight is 179 g/mol. The van der Waals surface area contributed by atoms with E-state index in [2.05, 4.69) is 11.7 Å². The number of hydrogen-bond acceptors (Lipinski definition) is 2. The van der Waals surface area contributed by atoms with Crippen LogP contribution < -0.4 is 0 Å². The van der Waals surface area contributed by atoms with Gasteiger partial charge in [-0.25, -0.2) is 0 Å². The highest BCUT2D eigenvalue weighted by atomic mass is 16.5. The summed E-state index contributed by atoms with van der Waals surface area (Å²) in [5, 5.41) is 3.84. The summed E-state index contributed by atoms with van der Waals surface area (Å²) in [6.07, 6.45) is 7.76. The number of unbranched alkanes of at least 4 members (excludes halogenated alkanes) is 3. The Labute approximate surface area is 79.6 Å². The number of nitrogens with zero attached hydrogens (tertiary/aromatic N) is 1. The zero-order valence-corrected chi connectivity index (χ0v) is 8.25. The fourth-order valence-electron chi connectivity index (χ4n) is 1.30. The molecule has 0 spiro atoms. The predicted octanol–water partition coefficient (Wildman–Crippen LogP) is 3.27. The molecule has 1 aromatic rings. The van der Waals surface area contributed by atoms with E-state index < -0.39 is 0 Å². The maximum Gasteiger partial charge on any atom is 0.136 e. The lowest BCUT2D eigenvalue weighted by molar-refractivity contribution is 0.375. The molecule has 0 unspecified atom stereocenters. The normalized spacial score (nSPS) is 10.2. The lowest BCUT2D eigenvalue weighted by atomic mass is 10.1. The summed E-state index contributed by atoms with van der Waals surface area (Å²) in [5.41, 5.74) is 0.973. The summed E-state index contributed by atoms with van der Waals surface area (Å²) in [7, 11) is 0. The van der Waals surface area contributed by atoms with Crippen molar-refractivity contribution in [2.45, 2.75) is 39.0 Å². The molecule has 72 valence electrons. The van der Waals surface area contributed by atoms with Gasteiger partial charge in [0.15, 0.2) is 0 Å². The topological polar surface area (TPSA) is 26.0 Å². The summed E-state index contributed by atoms with van der Waals surface area (Å²) < 4.78 is 5.10. The molecule has 0 saturated heterocycles. The summed E-state index contributed by atoms with van der Waals surface area (Å²) in [6, 6.07) is 2.01. The fraction of sp³-hybridized carbons (Fsp3) is 0.545. The third-order valence-electron chi connectivity index (χ3n) is 2.01. The molecule has 1 rings (SSSR count). The summed E-state index contributed by atoms with van der Waals surface area (Å²) >= 11 is 0. The predicted molar refractivity (Wildman–Crippen MR) is 53.6 cm³/mol. The Balaban J connectivity index is 2.09. The monoisotopic (exact) mass is 179 g/mol. The fourth-order valence-corrected chi connectivity index (χ4v) is 1.30. The lowest BCUT2D eigenvalue weighted by Crippen LogP contribution is -1.82. The highest BCUT2D eigenvalue weighted by Crippen LogP contribution is 2.08. The Morgan fingerprint density at radius 3 is 2.92 bits per heavy atom. The largest absolute Gasteiger partial charge is 0.361 e. The third kappa shape index (κ3) is 3.92. The Morgan fingerprint density at radius 1 is 1.46 bits per heavy atom. The number of aryl methyl sites for hydroxylation is 2. The zero-order chi connectivity index (χ0) is 9.52. The molecule has 0 aromatic carbocycles. The molecule has 13 heavy (non-hydrogen) atoms. The van der Waals surface area contributed by atoms with E-state index in [9.17, 15) is 0 Å². The van der Waals surface area contributed by atoms with Crippen LogP contribution in [0.15, 0.2) is 23.2 Å². The first-order valence-corrected chi connectivity index (χ1v) is 4.86. The van der Waals surface area contributed by atoms with Crippen molar-refractivity contribution in [2.24, 2.45) is 0 Å². The van der Waals surface area contributed by atoms with Crippen molar-refractivity contribution < 1.29 is 4.52 Å². The summed E-state index contributed by atoms with van der Waals surface area (Å²) in [5.74, 6) is 1.01. The smallest absolute Gasteiger partial charge is 0.136 e. The summed E-state index contributed by atoms with van der Waals surface area (Å²) in [6.45, 7) is 5.64. The minimum atomic E-state index is 0.973. The molecule has 1 aromatic heterocycles. The van der Waals surface area contributed by atoms with E-state index in [0.29, 0.717) is 0 Å². The van der Waals surface area contributed by atoms with Gasteiger partial charge < -0.3 is 4.52 Å². The Hall–Kier alpha value is -1.05. The summed E-state index contributed by atoms with van der Waals surface area (Å²) in [4.78, 5) is 0. The van der Waals surface area contributed by atoms with Crippen LogP contribution in [0.5, 0.6) is 0 Å². The second kappa shape index (κ2) is 5.57. The van der Waals surface area contributed by atoms with Crippen molar-refractivity contribution in [2.75, 3.05) is 0 Å². The maximum atomic E-state index is 5.10. The van der Waals surface area contributed by atoms with Gasteiger partial charge in [-0.2, -0.15) is 0 Å². The second-order valence-corrected chi connectivity index (χ2v) is 3.32.